The molecule has 0 aliphatic carbocycles. The molecule has 1 N–H and O–H groups in total. The maximum Gasteiger partial charge on any atom is 0.244 e. The molecule has 1 aliphatic heterocycles. The molecule has 1 aliphatic rings. The van der Waals surface area contributed by atoms with Crippen molar-refractivity contribution >= 4 is 33.2 Å². The lowest BCUT2D eigenvalue weighted by Gasteiger charge is -2.31. The van der Waals surface area contributed by atoms with Gasteiger partial charge in [-0.2, -0.15) is 4.31 Å². The molecule has 0 amide bonds. The standard InChI is InChI=1S/C12H16Cl2N2O2S/c1-16(10-3-2-6-15-8-10)19(17,18)12-5-4-9(13)7-11(12)14/h4-5,7,10,15H,2-3,6,8H2,1H3. The van der Waals surface area contributed by atoms with Gasteiger partial charge >= 0.3 is 0 Å². The second-order valence-electron chi connectivity index (χ2n) is 4.60. The number of benzene rings is 1. The zero-order valence-corrected chi connectivity index (χ0v) is 12.9. The molecule has 1 aromatic carbocycles. The molecule has 1 fully saturated rings. The van der Waals surface area contributed by atoms with Crippen molar-refractivity contribution in [1.29, 1.82) is 0 Å². The summed E-state index contributed by atoms with van der Waals surface area (Å²) in [5.41, 5.74) is 0. The van der Waals surface area contributed by atoms with E-state index in [2.05, 4.69) is 5.32 Å². The molecule has 106 valence electrons. The lowest BCUT2D eigenvalue weighted by atomic mass is 10.1. The molecule has 19 heavy (non-hydrogen) atoms. The Morgan fingerprint density at radius 3 is 2.68 bits per heavy atom. The molecule has 1 unspecified atom stereocenters. The highest BCUT2D eigenvalue weighted by Crippen LogP contribution is 2.28. The van der Waals surface area contributed by atoms with E-state index in [9.17, 15) is 8.42 Å². The molecule has 0 radical (unpaired) electrons. The van der Waals surface area contributed by atoms with E-state index in [0.717, 1.165) is 19.4 Å². The Morgan fingerprint density at radius 1 is 1.37 bits per heavy atom. The van der Waals surface area contributed by atoms with E-state index < -0.39 is 10.0 Å². The second kappa shape index (κ2) is 5.97. The van der Waals surface area contributed by atoms with Gasteiger partial charge in [0, 0.05) is 24.7 Å². The summed E-state index contributed by atoms with van der Waals surface area (Å²) in [7, 11) is -1.99. The lowest BCUT2D eigenvalue weighted by Crippen LogP contribution is -2.46. The van der Waals surface area contributed by atoms with E-state index in [1.807, 2.05) is 0 Å². The van der Waals surface area contributed by atoms with Crippen LogP contribution >= 0.6 is 23.2 Å². The number of nitrogens with one attached hydrogen (secondary N) is 1. The molecule has 2 rings (SSSR count). The summed E-state index contributed by atoms with van der Waals surface area (Å²) in [6.07, 6.45) is 1.83. The summed E-state index contributed by atoms with van der Waals surface area (Å²) in [6, 6.07) is 4.40. The van der Waals surface area contributed by atoms with Gasteiger partial charge in [-0.15, -0.1) is 0 Å². The third-order valence-electron chi connectivity index (χ3n) is 3.34. The zero-order chi connectivity index (χ0) is 14.0. The van der Waals surface area contributed by atoms with Crippen LogP contribution in [0.3, 0.4) is 0 Å². The number of hydrogen-bond acceptors (Lipinski definition) is 3. The smallest absolute Gasteiger partial charge is 0.244 e. The van der Waals surface area contributed by atoms with Crippen LogP contribution in [-0.4, -0.2) is 38.9 Å². The highest BCUT2D eigenvalue weighted by atomic mass is 35.5. The van der Waals surface area contributed by atoms with Crippen molar-refractivity contribution in [3.63, 3.8) is 0 Å². The van der Waals surface area contributed by atoms with E-state index in [-0.39, 0.29) is 16.0 Å². The van der Waals surface area contributed by atoms with Crippen LogP contribution in [0.5, 0.6) is 0 Å². The SMILES string of the molecule is CN(C1CCCNC1)S(=O)(=O)c1ccc(Cl)cc1Cl. The quantitative estimate of drug-likeness (QED) is 0.929. The minimum Gasteiger partial charge on any atom is -0.315 e. The number of hydrogen-bond donors (Lipinski definition) is 1. The topological polar surface area (TPSA) is 49.4 Å². The van der Waals surface area contributed by atoms with Gasteiger partial charge < -0.3 is 5.32 Å². The van der Waals surface area contributed by atoms with Gasteiger partial charge in [0.25, 0.3) is 0 Å². The predicted octanol–water partition coefficient (Wildman–Crippen LogP) is 2.37. The molecule has 7 heteroatoms. The molecule has 1 heterocycles. The Bertz CT molecular complexity index is 557. The maximum atomic E-state index is 12.5. The van der Waals surface area contributed by atoms with Gasteiger partial charge in [-0.05, 0) is 37.6 Å². The zero-order valence-electron chi connectivity index (χ0n) is 10.6. The fourth-order valence-electron chi connectivity index (χ4n) is 2.18. The molecule has 4 nitrogen and oxygen atoms in total. The molecular weight excluding hydrogens is 307 g/mol. The Morgan fingerprint density at radius 2 is 2.11 bits per heavy atom. The van der Waals surface area contributed by atoms with Crippen LogP contribution in [-0.2, 0) is 10.0 Å². The fourth-order valence-corrected chi connectivity index (χ4v) is 4.31. The molecule has 1 atom stereocenters. The van der Waals surface area contributed by atoms with Gasteiger partial charge in [0.2, 0.25) is 10.0 Å². The van der Waals surface area contributed by atoms with Crippen LogP contribution in [0.25, 0.3) is 0 Å². The fraction of sp³-hybridized carbons (Fsp3) is 0.500. The first-order valence-corrected chi connectivity index (χ1v) is 8.26. The van der Waals surface area contributed by atoms with Crippen molar-refractivity contribution in [2.75, 3.05) is 20.1 Å². The second-order valence-corrected chi connectivity index (χ2v) is 7.41. The van der Waals surface area contributed by atoms with E-state index in [1.165, 1.54) is 22.5 Å². The van der Waals surface area contributed by atoms with Crippen molar-refractivity contribution < 1.29 is 8.42 Å². The van der Waals surface area contributed by atoms with Gasteiger partial charge in [0.05, 0.1) is 5.02 Å². The van der Waals surface area contributed by atoms with Crippen molar-refractivity contribution in [2.24, 2.45) is 0 Å². The first-order chi connectivity index (χ1) is 8.93. The van der Waals surface area contributed by atoms with Crippen LogP contribution in [0.1, 0.15) is 12.8 Å². The number of rotatable bonds is 3. The number of likely N-dealkylation sites (N-methyl/N-ethyl adjacent to an activating group) is 1. The molecule has 0 bridgehead atoms. The normalized spacial score (nSPS) is 20.7. The maximum absolute atomic E-state index is 12.5. The third-order valence-corrected chi connectivity index (χ3v) is 5.96. The Labute approximate surface area is 123 Å². The number of nitrogens with zero attached hydrogens (tertiary/aromatic N) is 1. The van der Waals surface area contributed by atoms with Crippen molar-refractivity contribution in [1.82, 2.24) is 9.62 Å². The van der Waals surface area contributed by atoms with Gasteiger partial charge in [0.1, 0.15) is 4.90 Å². The number of halogens is 2. The molecule has 1 saturated heterocycles. The summed E-state index contributed by atoms with van der Waals surface area (Å²) < 4.78 is 26.5. The van der Waals surface area contributed by atoms with Gasteiger partial charge in [-0.1, -0.05) is 23.2 Å². The Kier molecular flexibility index (Phi) is 4.74. The van der Waals surface area contributed by atoms with E-state index in [4.69, 9.17) is 23.2 Å². The molecule has 0 aromatic heterocycles. The minimum absolute atomic E-state index is 0.0366. The largest absolute Gasteiger partial charge is 0.315 e. The highest BCUT2D eigenvalue weighted by Gasteiger charge is 2.30. The summed E-state index contributed by atoms with van der Waals surface area (Å²) in [5.74, 6) is 0. The summed E-state index contributed by atoms with van der Waals surface area (Å²) >= 11 is 11.8. The predicted molar refractivity (Wildman–Crippen MR) is 77.3 cm³/mol. The summed E-state index contributed by atoms with van der Waals surface area (Å²) in [6.45, 7) is 1.60. The third kappa shape index (κ3) is 3.23. The Balaban J connectivity index is 2.30. The first kappa shape index (κ1) is 15.1. The van der Waals surface area contributed by atoms with Crippen LogP contribution in [0.4, 0.5) is 0 Å². The van der Waals surface area contributed by atoms with Crippen molar-refractivity contribution in [3.8, 4) is 0 Å². The highest BCUT2D eigenvalue weighted by molar-refractivity contribution is 7.89. The minimum atomic E-state index is -3.58. The molecule has 0 spiro atoms. The molecule has 0 saturated carbocycles. The van der Waals surface area contributed by atoms with Crippen LogP contribution in [0.2, 0.25) is 10.0 Å². The van der Waals surface area contributed by atoms with E-state index in [0.29, 0.717) is 11.6 Å². The molecule has 1 aromatic rings. The molecular formula is C12H16Cl2N2O2S. The van der Waals surface area contributed by atoms with Gasteiger partial charge in [-0.25, -0.2) is 8.42 Å². The average Bonchev–Trinajstić information content (AvgIpc) is 2.38. The van der Waals surface area contributed by atoms with Crippen molar-refractivity contribution in [3.05, 3.63) is 28.2 Å². The van der Waals surface area contributed by atoms with Crippen LogP contribution < -0.4 is 5.32 Å². The number of sulfonamides is 1. The number of piperidine rings is 1. The monoisotopic (exact) mass is 322 g/mol. The van der Waals surface area contributed by atoms with Gasteiger partial charge in [-0.3, -0.25) is 0 Å². The van der Waals surface area contributed by atoms with Gasteiger partial charge in [0.15, 0.2) is 0 Å². The first-order valence-electron chi connectivity index (χ1n) is 6.07. The Hall–Kier alpha value is -0.330. The summed E-state index contributed by atoms with van der Waals surface area (Å²) in [5, 5.41) is 3.78. The van der Waals surface area contributed by atoms with E-state index >= 15 is 0 Å². The van der Waals surface area contributed by atoms with E-state index in [1.54, 1.807) is 7.05 Å². The van der Waals surface area contributed by atoms with Crippen molar-refractivity contribution in [2.45, 2.75) is 23.8 Å². The van der Waals surface area contributed by atoms with Crippen LogP contribution in [0.15, 0.2) is 23.1 Å². The van der Waals surface area contributed by atoms with Crippen LogP contribution in [0, 0.1) is 0 Å². The average molecular weight is 323 g/mol. The lowest BCUT2D eigenvalue weighted by molar-refractivity contribution is 0.300. The summed E-state index contributed by atoms with van der Waals surface area (Å²) in [4.78, 5) is 0.103.